The van der Waals surface area contributed by atoms with E-state index in [4.69, 9.17) is 0 Å². The molecule has 4 nitrogen and oxygen atoms in total. The molecule has 0 aliphatic rings. The summed E-state index contributed by atoms with van der Waals surface area (Å²) in [6.45, 7) is 0. The van der Waals surface area contributed by atoms with Crippen molar-refractivity contribution in [2.24, 2.45) is 0 Å². The first-order valence-electron chi connectivity index (χ1n) is 24.2. The molecule has 5 aromatic heterocycles. The Morgan fingerprint density at radius 3 is 0.957 bits per heavy atom. The fraction of sp³-hybridized carbons (Fsp3) is 0. The fourth-order valence-electron chi connectivity index (χ4n) is 12.5. The van der Waals surface area contributed by atoms with Crippen molar-refractivity contribution >= 4 is 125 Å². The molecular formula is C66H40N4. The van der Waals surface area contributed by atoms with Crippen LogP contribution in [0, 0.1) is 0 Å². The molecule has 0 spiro atoms. The number of aromatic nitrogens is 4. The van der Waals surface area contributed by atoms with Crippen LogP contribution in [-0.4, -0.2) is 18.1 Å². The summed E-state index contributed by atoms with van der Waals surface area (Å²) in [6, 6.07) is 90.3. The minimum Gasteiger partial charge on any atom is -0.309 e. The topological polar surface area (TPSA) is 19.2 Å². The molecule has 0 saturated carbocycles. The molecule has 0 bridgehead atoms. The third-order valence-corrected chi connectivity index (χ3v) is 15.3. The van der Waals surface area contributed by atoms with Crippen LogP contribution in [0.5, 0.6) is 0 Å². The molecule has 0 aliphatic carbocycles. The third-order valence-electron chi connectivity index (χ3n) is 15.3. The van der Waals surface area contributed by atoms with Gasteiger partial charge in [0.05, 0.1) is 61.0 Å². The SMILES string of the molecule is c1ccc2c(c1)c1cc(-n3c4ccccc4c4ccccc43)c(-n3c4ccccc4c4cc(-n5c6ccccc6c6ccccc65)ccc43)cc1c1ccccc1n1c3ccccc3c3cccc2c31. The van der Waals surface area contributed by atoms with Gasteiger partial charge in [0.25, 0.3) is 0 Å². The predicted octanol–water partition coefficient (Wildman–Crippen LogP) is 17.6. The second-order valence-electron chi connectivity index (χ2n) is 18.8. The average molecular weight is 889 g/mol. The van der Waals surface area contributed by atoms with E-state index in [2.05, 4.69) is 261 Å². The number of para-hydroxylation sites is 8. The van der Waals surface area contributed by atoms with Crippen molar-refractivity contribution in [3.05, 3.63) is 243 Å². The van der Waals surface area contributed by atoms with Crippen LogP contribution in [0.4, 0.5) is 0 Å². The highest BCUT2D eigenvalue weighted by Crippen LogP contribution is 2.44. The average Bonchev–Trinajstić information content (AvgIpc) is 4.16. The number of hydrogen-bond donors (Lipinski definition) is 0. The van der Waals surface area contributed by atoms with E-state index < -0.39 is 0 Å². The summed E-state index contributed by atoms with van der Waals surface area (Å²) in [7, 11) is 0. The molecule has 11 aromatic carbocycles. The van der Waals surface area contributed by atoms with Gasteiger partial charge in [-0.15, -0.1) is 0 Å². The number of fused-ring (bicyclic) bond motifs is 19. The van der Waals surface area contributed by atoms with Gasteiger partial charge in [-0.2, -0.15) is 0 Å². The Hall–Kier alpha value is -9.38. The number of nitrogens with zero attached hydrogens (tertiary/aromatic N) is 4. The summed E-state index contributed by atoms with van der Waals surface area (Å²) >= 11 is 0. The fourth-order valence-corrected chi connectivity index (χ4v) is 12.5. The van der Waals surface area contributed by atoms with Crippen LogP contribution in [-0.2, 0) is 0 Å². The number of hydrogen-bond acceptors (Lipinski definition) is 0. The van der Waals surface area contributed by atoms with E-state index in [-0.39, 0.29) is 0 Å². The number of rotatable bonds is 3. The van der Waals surface area contributed by atoms with E-state index in [0.29, 0.717) is 0 Å². The van der Waals surface area contributed by atoms with Gasteiger partial charge in [0.15, 0.2) is 0 Å². The van der Waals surface area contributed by atoms with Gasteiger partial charge in [-0.25, -0.2) is 0 Å². The lowest BCUT2D eigenvalue weighted by Gasteiger charge is -2.19. The van der Waals surface area contributed by atoms with Gasteiger partial charge in [-0.1, -0.05) is 170 Å². The van der Waals surface area contributed by atoms with Crippen molar-refractivity contribution in [1.82, 2.24) is 18.1 Å². The first-order valence-corrected chi connectivity index (χ1v) is 24.2. The first-order chi connectivity index (χ1) is 34.8. The minimum atomic E-state index is 1.10. The van der Waals surface area contributed by atoms with Crippen LogP contribution in [0.1, 0.15) is 0 Å². The predicted molar refractivity (Wildman–Crippen MR) is 297 cm³/mol. The van der Waals surface area contributed by atoms with Crippen molar-refractivity contribution in [3.8, 4) is 17.1 Å². The summed E-state index contributed by atoms with van der Waals surface area (Å²) < 4.78 is 10.0. The molecule has 70 heavy (non-hydrogen) atoms. The Morgan fingerprint density at radius 1 is 0.186 bits per heavy atom. The molecule has 0 saturated heterocycles. The van der Waals surface area contributed by atoms with E-state index >= 15 is 0 Å². The van der Waals surface area contributed by atoms with Crippen LogP contribution in [0.2, 0.25) is 0 Å². The van der Waals surface area contributed by atoms with Crippen molar-refractivity contribution in [2.45, 2.75) is 0 Å². The van der Waals surface area contributed by atoms with Gasteiger partial charge < -0.3 is 18.1 Å². The summed E-state index contributed by atoms with van der Waals surface area (Å²) in [4.78, 5) is 0. The summed E-state index contributed by atoms with van der Waals surface area (Å²) in [5.74, 6) is 0. The molecule has 0 atom stereocenters. The van der Waals surface area contributed by atoms with Crippen LogP contribution < -0.4 is 0 Å². The zero-order valence-corrected chi connectivity index (χ0v) is 37.9. The maximum atomic E-state index is 2.54. The van der Waals surface area contributed by atoms with Crippen molar-refractivity contribution in [1.29, 1.82) is 0 Å². The van der Waals surface area contributed by atoms with Crippen LogP contribution in [0.3, 0.4) is 0 Å². The quantitative estimate of drug-likeness (QED) is 0.168. The van der Waals surface area contributed by atoms with Crippen LogP contribution in [0.25, 0.3) is 142 Å². The molecule has 0 fully saturated rings. The van der Waals surface area contributed by atoms with Gasteiger partial charge in [0.1, 0.15) is 0 Å². The molecule has 0 aliphatic heterocycles. The smallest absolute Gasteiger partial charge is 0.0709 e. The highest BCUT2D eigenvalue weighted by atomic mass is 15.1. The van der Waals surface area contributed by atoms with Gasteiger partial charge in [-0.05, 0) is 94.3 Å². The summed E-state index contributed by atoms with van der Waals surface area (Å²) in [5.41, 5.74) is 14.0. The molecule has 0 amide bonds. The first kappa shape index (κ1) is 37.7. The lowest BCUT2D eigenvalue weighted by Crippen LogP contribution is -2.04. The molecule has 0 N–H and O–H groups in total. The normalized spacial score (nSPS) is 12.3. The molecule has 5 heterocycles. The Labute approximate surface area is 400 Å². The summed E-state index contributed by atoms with van der Waals surface area (Å²) in [5, 5.41) is 17.1. The van der Waals surface area contributed by atoms with Crippen molar-refractivity contribution < 1.29 is 0 Å². The largest absolute Gasteiger partial charge is 0.309 e. The Bertz CT molecular complexity index is 4850. The minimum absolute atomic E-state index is 1.10. The molecule has 4 heteroatoms. The lowest BCUT2D eigenvalue weighted by molar-refractivity contribution is 1.10. The van der Waals surface area contributed by atoms with E-state index in [9.17, 15) is 0 Å². The highest BCUT2D eigenvalue weighted by molar-refractivity contribution is 6.26. The molecule has 16 rings (SSSR count). The second kappa shape index (κ2) is 14.1. The maximum Gasteiger partial charge on any atom is 0.0709 e. The Kier molecular flexibility index (Phi) is 7.58. The Balaban J connectivity index is 1.13. The monoisotopic (exact) mass is 888 g/mol. The lowest BCUT2D eigenvalue weighted by atomic mass is 9.99. The maximum absolute atomic E-state index is 2.54. The van der Waals surface area contributed by atoms with E-state index in [1.54, 1.807) is 0 Å². The van der Waals surface area contributed by atoms with Crippen LogP contribution >= 0.6 is 0 Å². The number of benzene rings is 11. The van der Waals surface area contributed by atoms with Crippen molar-refractivity contribution in [3.63, 3.8) is 0 Å². The van der Waals surface area contributed by atoms with E-state index in [1.165, 1.54) is 109 Å². The zero-order chi connectivity index (χ0) is 45.6. The van der Waals surface area contributed by atoms with Crippen LogP contribution in [0.15, 0.2) is 243 Å². The standard InChI is InChI=1S/C66H40N4/c1-2-19-43-42(18-1)51-27-17-28-52-48-24-7-15-34-61(48)70(66(51)52)62-35-16-8-25-49(62)54-40-65(64(39-53(43)54)68-58-31-12-5-22-46(58)47-23-6-13-32-59(47)68)69-60-33-14-9-26-50(60)55-38-41(36-37-63(55)69)67-56-29-10-3-20-44(56)45-21-4-11-30-57(45)67/h1-40H. The molecule has 324 valence electrons. The Morgan fingerprint density at radius 2 is 0.486 bits per heavy atom. The van der Waals surface area contributed by atoms with Gasteiger partial charge >= 0.3 is 0 Å². The summed E-state index contributed by atoms with van der Waals surface area (Å²) in [6.07, 6.45) is 0. The zero-order valence-electron chi connectivity index (χ0n) is 37.9. The molecule has 0 radical (unpaired) electrons. The highest BCUT2D eigenvalue weighted by Gasteiger charge is 2.23. The van der Waals surface area contributed by atoms with Crippen molar-refractivity contribution in [2.75, 3.05) is 0 Å². The molecule has 0 unspecified atom stereocenters. The third kappa shape index (κ3) is 4.98. The molecular weight excluding hydrogens is 849 g/mol. The van der Waals surface area contributed by atoms with Gasteiger partial charge in [-0.3, -0.25) is 0 Å². The molecule has 16 aromatic rings. The van der Waals surface area contributed by atoms with E-state index in [0.717, 1.165) is 33.6 Å². The van der Waals surface area contributed by atoms with E-state index in [1.807, 2.05) is 0 Å². The van der Waals surface area contributed by atoms with Gasteiger partial charge in [0, 0.05) is 59.5 Å². The second-order valence-corrected chi connectivity index (χ2v) is 18.8. The van der Waals surface area contributed by atoms with Gasteiger partial charge in [0.2, 0.25) is 0 Å².